The third-order valence-corrected chi connectivity index (χ3v) is 5.28. The Hall–Kier alpha value is -0.750. The molecule has 1 atom stereocenters. The highest BCUT2D eigenvalue weighted by Gasteiger charge is 2.24. The van der Waals surface area contributed by atoms with Crippen molar-refractivity contribution in [2.75, 3.05) is 30.6 Å². The van der Waals surface area contributed by atoms with Gasteiger partial charge in [0.15, 0.2) is 5.13 Å². The van der Waals surface area contributed by atoms with E-state index in [1.54, 1.807) is 0 Å². The van der Waals surface area contributed by atoms with Gasteiger partial charge in [-0.05, 0) is 19.1 Å². The van der Waals surface area contributed by atoms with Crippen molar-refractivity contribution in [3.63, 3.8) is 0 Å². The molecule has 1 aliphatic rings. The molecule has 1 unspecified atom stereocenters. The Morgan fingerprint density at radius 1 is 1.59 bits per heavy atom. The van der Waals surface area contributed by atoms with Crippen LogP contribution >= 0.6 is 23.1 Å². The van der Waals surface area contributed by atoms with Crippen molar-refractivity contribution in [2.24, 2.45) is 0 Å². The number of aryl methyl sites for hydroxylation is 1. The van der Waals surface area contributed by atoms with Crippen molar-refractivity contribution in [1.29, 1.82) is 0 Å². The minimum Gasteiger partial charge on any atom is -0.465 e. The molecule has 0 aromatic carbocycles. The highest BCUT2D eigenvalue weighted by molar-refractivity contribution is 7.99. The average molecular weight is 272 g/mol. The number of rotatable bonds is 3. The number of hydrogen-bond acceptors (Lipinski definition) is 6. The van der Waals surface area contributed by atoms with Crippen LogP contribution in [-0.2, 0) is 4.74 Å². The van der Waals surface area contributed by atoms with Crippen LogP contribution in [0.25, 0.3) is 0 Å². The lowest BCUT2D eigenvalue weighted by atomic mass is 10.2. The molecule has 1 fully saturated rings. The van der Waals surface area contributed by atoms with Gasteiger partial charge in [0.25, 0.3) is 0 Å². The van der Waals surface area contributed by atoms with Gasteiger partial charge < -0.3 is 9.64 Å². The monoisotopic (exact) mass is 272 g/mol. The van der Waals surface area contributed by atoms with E-state index >= 15 is 0 Å². The molecule has 1 saturated heterocycles. The summed E-state index contributed by atoms with van der Waals surface area (Å²) in [5.41, 5.74) is 0.759. The minimum absolute atomic E-state index is 0.291. The van der Waals surface area contributed by atoms with E-state index in [9.17, 15) is 4.79 Å². The number of hydrogen-bond donors (Lipinski definition) is 0. The minimum atomic E-state index is -0.291. The smallest absolute Gasteiger partial charge is 0.350 e. The number of aromatic nitrogens is 1. The van der Waals surface area contributed by atoms with Crippen LogP contribution in [-0.4, -0.2) is 42.7 Å². The van der Waals surface area contributed by atoms with Crippen LogP contribution in [0.3, 0.4) is 0 Å². The molecule has 1 aliphatic heterocycles. The summed E-state index contributed by atoms with van der Waals surface area (Å²) in [7, 11) is 3.45. The van der Waals surface area contributed by atoms with E-state index < -0.39 is 0 Å². The van der Waals surface area contributed by atoms with Crippen LogP contribution in [0.4, 0.5) is 5.13 Å². The zero-order chi connectivity index (χ0) is 12.4. The third kappa shape index (κ3) is 2.57. The molecule has 1 aromatic rings. The largest absolute Gasteiger partial charge is 0.465 e. The fraction of sp³-hybridized carbons (Fsp3) is 0.636. The van der Waals surface area contributed by atoms with Gasteiger partial charge >= 0.3 is 5.97 Å². The van der Waals surface area contributed by atoms with Gasteiger partial charge in [-0.25, -0.2) is 9.78 Å². The molecule has 0 saturated carbocycles. The quantitative estimate of drug-likeness (QED) is 0.789. The molecular formula is C11H16N2O2S2. The van der Waals surface area contributed by atoms with E-state index in [1.165, 1.54) is 30.6 Å². The van der Waals surface area contributed by atoms with Gasteiger partial charge in [-0.15, -0.1) is 0 Å². The van der Waals surface area contributed by atoms with Gasteiger partial charge in [-0.1, -0.05) is 11.3 Å². The second-order valence-electron chi connectivity index (χ2n) is 4.03. The average Bonchev–Trinajstić information content (AvgIpc) is 2.96. The number of thiazole rings is 1. The molecule has 1 aromatic heterocycles. The lowest BCUT2D eigenvalue weighted by Crippen LogP contribution is -2.31. The number of carbonyl (C=O) groups is 1. The number of carbonyl (C=O) groups excluding carboxylic acids is 1. The summed E-state index contributed by atoms with van der Waals surface area (Å²) in [4.78, 5) is 18.8. The van der Waals surface area contributed by atoms with E-state index in [2.05, 4.69) is 16.9 Å². The van der Waals surface area contributed by atoms with Crippen LogP contribution in [0.1, 0.15) is 21.8 Å². The molecule has 0 spiro atoms. The number of anilines is 1. The van der Waals surface area contributed by atoms with Crippen LogP contribution in [0.5, 0.6) is 0 Å². The summed E-state index contributed by atoms with van der Waals surface area (Å²) in [5.74, 6) is 2.06. The number of nitrogens with zero attached hydrogens (tertiary/aromatic N) is 2. The number of ether oxygens (including phenoxy) is 1. The molecule has 4 nitrogen and oxygen atoms in total. The maximum atomic E-state index is 11.5. The van der Waals surface area contributed by atoms with E-state index in [1.807, 2.05) is 18.7 Å². The molecular weight excluding hydrogens is 256 g/mol. The summed E-state index contributed by atoms with van der Waals surface area (Å²) >= 11 is 3.39. The topological polar surface area (TPSA) is 42.4 Å². The number of thioether (sulfide) groups is 1. The summed E-state index contributed by atoms with van der Waals surface area (Å²) in [6, 6.07) is 0.538. The standard InChI is InChI=1S/C11H16N2O2S2/c1-7-9(10(14)15-3)17-11(12-7)13(2)8-4-5-16-6-8/h8H,4-6H2,1-3H3. The first-order valence-electron chi connectivity index (χ1n) is 5.49. The molecule has 0 radical (unpaired) electrons. The number of esters is 1. The van der Waals surface area contributed by atoms with Gasteiger partial charge in [-0.2, -0.15) is 11.8 Å². The first kappa shape index (κ1) is 12.7. The Morgan fingerprint density at radius 2 is 2.35 bits per heavy atom. The van der Waals surface area contributed by atoms with Gasteiger partial charge in [0.1, 0.15) is 4.88 Å². The predicted molar refractivity (Wildman–Crippen MR) is 72.3 cm³/mol. The highest BCUT2D eigenvalue weighted by atomic mass is 32.2. The first-order chi connectivity index (χ1) is 8.13. The van der Waals surface area contributed by atoms with Crippen molar-refractivity contribution in [3.8, 4) is 0 Å². The van der Waals surface area contributed by atoms with Crippen molar-refractivity contribution in [2.45, 2.75) is 19.4 Å². The van der Waals surface area contributed by atoms with Crippen molar-refractivity contribution >= 4 is 34.2 Å². The van der Waals surface area contributed by atoms with Crippen molar-refractivity contribution in [1.82, 2.24) is 4.98 Å². The Bertz CT molecular complexity index is 414. The molecule has 0 amide bonds. The van der Waals surface area contributed by atoms with Gasteiger partial charge in [0.05, 0.1) is 12.8 Å². The Labute approximate surface area is 109 Å². The third-order valence-electron chi connectivity index (χ3n) is 2.91. The second-order valence-corrected chi connectivity index (χ2v) is 6.16. The summed E-state index contributed by atoms with van der Waals surface area (Å²) < 4.78 is 4.74. The maximum absolute atomic E-state index is 11.5. The summed E-state index contributed by atoms with van der Waals surface area (Å²) in [6.45, 7) is 1.85. The second kappa shape index (κ2) is 5.27. The summed E-state index contributed by atoms with van der Waals surface area (Å²) in [5, 5.41) is 0.912. The predicted octanol–water partition coefficient (Wildman–Crippen LogP) is 2.18. The lowest BCUT2D eigenvalue weighted by Gasteiger charge is -2.22. The molecule has 6 heteroatoms. The molecule has 0 N–H and O–H groups in total. The maximum Gasteiger partial charge on any atom is 0.350 e. The van der Waals surface area contributed by atoms with Gasteiger partial charge in [0, 0.05) is 18.8 Å². The van der Waals surface area contributed by atoms with Crippen LogP contribution < -0.4 is 4.90 Å². The zero-order valence-corrected chi connectivity index (χ0v) is 11.9. The molecule has 17 heavy (non-hydrogen) atoms. The number of methoxy groups -OCH3 is 1. The summed E-state index contributed by atoms with van der Waals surface area (Å²) in [6.07, 6.45) is 1.19. The van der Waals surface area contributed by atoms with E-state index in [0.29, 0.717) is 10.9 Å². The molecule has 94 valence electrons. The molecule has 0 bridgehead atoms. The highest BCUT2D eigenvalue weighted by Crippen LogP contribution is 2.30. The molecule has 2 heterocycles. The zero-order valence-electron chi connectivity index (χ0n) is 10.2. The van der Waals surface area contributed by atoms with Crippen molar-refractivity contribution < 1.29 is 9.53 Å². The van der Waals surface area contributed by atoms with Crippen LogP contribution in [0.15, 0.2) is 0 Å². The normalized spacial score (nSPS) is 19.4. The Kier molecular flexibility index (Phi) is 3.93. The molecule has 2 rings (SSSR count). The van der Waals surface area contributed by atoms with Crippen LogP contribution in [0.2, 0.25) is 0 Å². The lowest BCUT2D eigenvalue weighted by molar-refractivity contribution is 0.0605. The molecule has 0 aliphatic carbocycles. The van der Waals surface area contributed by atoms with Crippen LogP contribution in [0, 0.1) is 6.92 Å². The Morgan fingerprint density at radius 3 is 2.94 bits per heavy atom. The van der Waals surface area contributed by atoms with E-state index in [0.717, 1.165) is 16.6 Å². The first-order valence-corrected chi connectivity index (χ1v) is 7.47. The van der Waals surface area contributed by atoms with E-state index in [-0.39, 0.29) is 5.97 Å². The van der Waals surface area contributed by atoms with Gasteiger partial charge in [0.2, 0.25) is 0 Å². The van der Waals surface area contributed by atoms with E-state index in [4.69, 9.17) is 4.74 Å². The van der Waals surface area contributed by atoms with Crippen molar-refractivity contribution in [3.05, 3.63) is 10.6 Å². The fourth-order valence-electron chi connectivity index (χ4n) is 1.80. The SMILES string of the molecule is COC(=O)c1sc(N(C)C2CCSC2)nc1C. The Balaban J connectivity index is 2.18. The fourth-order valence-corrected chi connectivity index (χ4v) is 4.08. The van der Waals surface area contributed by atoms with Gasteiger partial charge in [-0.3, -0.25) is 0 Å².